The van der Waals surface area contributed by atoms with E-state index in [-0.39, 0.29) is 11.7 Å². The Labute approximate surface area is 186 Å². The summed E-state index contributed by atoms with van der Waals surface area (Å²) >= 11 is 0. The number of hydrogen-bond donors (Lipinski definition) is 1. The molecule has 2 aromatic rings. The van der Waals surface area contributed by atoms with Crippen molar-refractivity contribution in [1.29, 1.82) is 0 Å². The average molecular weight is 422 g/mol. The lowest BCUT2D eigenvalue weighted by Gasteiger charge is -2.16. The molecule has 1 N–H and O–H groups in total. The van der Waals surface area contributed by atoms with Crippen LogP contribution >= 0.6 is 0 Å². The highest BCUT2D eigenvalue weighted by Crippen LogP contribution is 2.40. The zero-order valence-corrected chi connectivity index (χ0v) is 19.3. The molecule has 2 aromatic carbocycles. The van der Waals surface area contributed by atoms with E-state index in [1.165, 1.54) is 11.1 Å². The molecule has 0 aliphatic carbocycles. The number of aromatic hydroxyl groups is 1. The second kappa shape index (κ2) is 10.5. The third-order valence-electron chi connectivity index (χ3n) is 6.17. The van der Waals surface area contributed by atoms with Gasteiger partial charge in [-0.2, -0.15) is 0 Å². The maximum Gasteiger partial charge on any atom is 0.254 e. The minimum Gasteiger partial charge on any atom is -0.507 e. The van der Waals surface area contributed by atoms with E-state index in [1.54, 1.807) is 7.11 Å². The molecule has 1 unspecified atom stereocenters. The minimum atomic E-state index is -0.0267. The maximum atomic E-state index is 12.9. The van der Waals surface area contributed by atoms with Crippen LogP contribution in [0.4, 0.5) is 0 Å². The molecule has 31 heavy (non-hydrogen) atoms. The number of carbonyl (C=O) groups is 1. The molecule has 1 aliphatic heterocycles. The molecule has 0 saturated heterocycles. The molecular weight excluding hydrogens is 386 g/mol. The van der Waals surface area contributed by atoms with Gasteiger partial charge in [0.2, 0.25) is 0 Å². The highest BCUT2D eigenvalue weighted by atomic mass is 16.5. The molecule has 0 radical (unpaired) electrons. The van der Waals surface area contributed by atoms with Crippen molar-refractivity contribution < 1.29 is 14.6 Å². The van der Waals surface area contributed by atoms with Crippen LogP contribution in [-0.4, -0.2) is 29.6 Å². The highest BCUT2D eigenvalue weighted by molar-refractivity contribution is 6.00. The first-order valence-electron chi connectivity index (χ1n) is 11.3. The first-order valence-corrected chi connectivity index (χ1v) is 11.3. The summed E-state index contributed by atoms with van der Waals surface area (Å²) in [5, 5.41) is 11.0. The van der Waals surface area contributed by atoms with E-state index in [2.05, 4.69) is 39.0 Å². The molecule has 4 heteroatoms. The van der Waals surface area contributed by atoms with Crippen molar-refractivity contribution in [2.75, 3.05) is 13.7 Å². The number of methoxy groups -OCH3 is 1. The van der Waals surface area contributed by atoms with Gasteiger partial charge in [0.25, 0.3) is 5.91 Å². The fourth-order valence-corrected chi connectivity index (χ4v) is 4.22. The van der Waals surface area contributed by atoms with Gasteiger partial charge in [-0.05, 0) is 63.5 Å². The molecule has 3 rings (SSSR count). The van der Waals surface area contributed by atoms with Crippen LogP contribution in [0.3, 0.4) is 0 Å². The van der Waals surface area contributed by atoms with E-state index >= 15 is 0 Å². The second-order valence-corrected chi connectivity index (χ2v) is 8.90. The lowest BCUT2D eigenvalue weighted by Crippen LogP contribution is -2.26. The summed E-state index contributed by atoms with van der Waals surface area (Å²) in [7, 11) is 1.61. The van der Waals surface area contributed by atoms with Crippen molar-refractivity contribution in [3.63, 3.8) is 0 Å². The number of rotatable bonds is 10. The van der Waals surface area contributed by atoms with E-state index in [9.17, 15) is 9.90 Å². The van der Waals surface area contributed by atoms with Gasteiger partial charge in [0.1, 0.15) is 11.5 Å². The minimum absolute atomic E-state index is 0.0267. The Hall–Kier alpha value is -2.75. The molecule has 0 saturated carbocycles. The molecule has 166 valence electrons. The van der Waals surface area contributed by atoms with Crippen LogP contribution in [0.1, 0.15) is 67.1 Å². The lowest BCUT2D eigenvalue weighted by atomic mass is 9.93. The molecule has 0 aromatic heterocycles. The van der Waals surface area contributed by atoms with E-state index in [0.717, 1.165) is 43.2 Å². The predicted molar refractivity (Wildman–Crippen MR) is 126 cm³/mol. The van der Waals surface area contributed by atoms with Gasteiger partial charge in [0.05, 0.1) is 19.2 Å². The normalized spacial score (nSPS) is 13.8. The fraction of sp³-hybridized carbons (Fsp3) is 0.444. The number of ether oxygens (including phenoxy) is 1. The zero-order chi connectivity index (χ0) is 22.4. The number of fused-ring (bicyclic) bond motifs is 1. The predicted octanol–water partition coefficient (Wildman–Crippen LogP) is 5.91. The van der Waals surface area contributed by atoms with Gasteiger partial charge in [0.15, 0.2) is 0 Å². The number of hydrogen-bond acceptors (Lipinski definition) is 3. The standard InChI is InChI=1S/C27H35NO3/c1-19(2)9-8-10-20(3)13-14-22-25(31-4)17-23-24(26(22)29)18-28(27(23)30)16-15-21-11-6-5-7-12-21/h5-7,9,11-12,17,20,29H,8,10,13-16,18H2,1-4H3. The number of allylic oxidation sites excluding steroid dienone is 2. The molecule has 0 fully saturated rings. The molecular formula is C27H35NO3. The van der Waals surface area contributed by atoms with Crippen molar-refractivity contribution in [3.05, 3.63) is 70.3 Å². The van der Waals surface area contributed by atoms with Gasteiger partial charge in [0, 0.05) is 17.7 Å². The van der Waals surface area contributed by atoms with E-state index in [4.69, 9.17) is 4.74 Å². The molecule has 0 bridgehead atoms. The van der Waals surface area contributed by atoms with Crippen LogP contribution in [0, 0.1) is 5.92 Å². The summed E-state index contributed by atoms with van der Waals surface area (Å²) in [4.78, 5) is 14.8. The van der Waals surface area contributed by atoms with Gasteiger partial charge >= 0.3 is 0 Å². The molecule has 1 heterocycles. The summed E-state index contributed by atoms with van der Waals surface area (Å²) in [6, 6.07) is 12.0. The Morgan fingerprint density at radius 1 is 1.19 bits per heavy atom. The monoisotopic (exact) mass is 421 g/mol. The second-order valence-electron chi connectivity index (χ2n) is 8.90. The Morgan fingerprint density at radius 2 is 1.94 bits per heavy atom. The fourth-order valence-electron chi connectivity index (χ4n) is 4.22. The molecule has 1 atom stereocenters. The first-order chi connectivity index (χ1) is 14.9. The SMILES string of the molecule is COc1cc2c(c(O)c1CCC(C)CCC=C(C)C)CN(CCc1ccccc1)C2=O. The number of carbonyl (C=O) groups excluding carboxylic acids is 1. The van der Waals surface area contributed by atoms with Gasteiger partial charge in [-0.1, -0.05) is 48.9 Å². The van der Waals surface area contributed by atoms with Crippen LogP contribution in [0.25, 0.3) is 0 Å². The molecule has 4 nitrogen and oxygen atoms in total. The zero-order valence-electron chi connectivity index (χ0n) is 19.3. The first kappa shape index (κ1) is 22.9. The van der Waals surface area contributed by atoms with Crippen molar-refractivity contribution in [2.45, 2.75) is 59.4 Å². The molecule has 1 aliphatic rings. The topological polar surface area (TPSA) is 49.8 Å². The van der Waals surface area contributed by atoms with E-state index in [1.807, 2.05) is 29.2 Å². The Balaban J connectivity index is 1.69. The van der Waals surface area contributed by atoms with Gasteiger partial charge in [-0.15, -0.1) is 0 Å². The number of phenolic OH excluding ortho intramolecular Hbond substituents is 1. The summed E-state index contributed by atoms with van der Waals surface area (Å²) < 4.78 is 5.57. The van der Waals surface area contributed by atoms with Crippen LogP contribution in [-0.2, 0) is 19.4 Å². The Morgan fingerprint density at radius 3 is 2.61 bits per heavy atom. The maximum absolute atomic E-state index is 12.9. The molecule has 0 spiro atoms. The van der Waals surface area contributed by atoms with Crippen molar-refractivity contribution in [2.24, 2.45) is 5.92 Å². The third kappa shape index (κ3) is 5.69. The van der Waals surface area contributed by atoms with Crippen LogP contribution in [0.15, 0.2) is 48.0 Å². The Bertz CT molecular complexity index is 929. The number of phenols is 1. The van der Waals surface area contributed by atoms with E-state index < -0.39 is 0 Å². The summed E-state index contributed by atoms with van der Waals surface area (Å²) in [6.45, 7) is 7.60. The molecule has 1 amide bonds. The van der Waals surface area contributed by atoms with Crippen molar-refractivity contribution in [3.8, 4) is 11.5 Å². The Kier molecular flexibility index (Phi) is 7.78. The number of nitrogens with zero attached hydrogens (tertiary/aromatic N) is 1. The van der Waals surface area contributed by atoms with Crippen molar-refractivity contribution >= 4 is 5.91 Å². The van der Waals surface area contributed by atoms with Gasteiger partial charge in [-0.25, -0.2) is 0 Å². The quantitative estimate of drug-likeness (QED) is 0.485. The van der Waals surface area contributed by atoms with Crippen molar-refractivity contribution in [1.82, 2.24) is 4.90 Å². The van der Waals surface area contributed by atoms with Crippen LogP contribution in [0.5, 0.6) is 11.5 Å². The smallest absolute Gasteiger partial charge is 0.254 e. The van der Waals surface area contributed by atoms with Crippen LogP contribution < -0.4 is 4.74 Å². The van der Waals surface area contributed by atoms with Gasteiger partial charge < -0.3 is 14.7 Å². The third-order valence-corrected chi connectivity index (χ3v) is 6.17. The number of amides is 1. The summed E-state index contributed by atoms with van der Waals surface area (Å²) in [5.74, 6) is 1.38. The lowest BCUT2D eigenvalue weighted by molar-refractivity contribution is 0.0780. The number of benzene rings is 2. The average Bonchev–Trinajstić information content (AvgIpc) is 3.07. The van der Waals surface area contributed by atoms with Crippen LogP contribution in [0.2, 0.25) is 0 Å². The summed E-state index contributed by atoms with van der Waals surface area (Å²) in [6.07, 6.45) is 7.02. The summed E-state index contributed by atoms with van der Waals surface area (Å²) in [5.41, 5.74) is 4.70. The van der Waals surface area contributed by atoms with E-state index in [0.29, 0.717) is 30.3 Å². The van der Waals surface area contributed by atoms with Gasteiger partial charge in [-0.3, -0.25) is 4.79 Å². The largest absolute Gasteiger partial charge is 0.507 e. The highest BCUT2D eigenvalue weighted by Gasteiger charge is 2.32.